The fourth-order valence-electron chi connectivity index (χ4n) is 4.99. The van der Waals surface area contributed by atoms with Crippen molar-refractivity contribution in [1.82, 2.24) is 0 Å². The fourth-order valence-corrected chi connectivity index (χ4v) is 4.99. The molecule has 40 heavy (non-hydrogen) atoms. The minimum absolute atomic E-state index is 0.181. The Kier molecular flexibility index (Phi) is 9.34. The van der Waals surface area contributed by atoms with E-state index < -0.39 is 17.5 Å². The standard InChI is InChI=1S/C36H46O4/c1-11-34(6,7)40-33(38)27-16-14-15-26(23-27)32(37)39-31-20-18-29(22-25(31)5)35(8,9)28-17-19-30(24(4)21-28)36(10,12-2)13-3/h14-23H,11-13H2,1-10H3. The van der Waals surface area contributed by atoms with Gasteiger partial charge in [-0.15, -0.1) is 0 Å². The number of hydrogen-bond donors (Lipinski definition) is 0. The largest absolute Gasteiger partial charge is 0.456 e. The maximum Gasteiger partial charge on any atom is 0.343 e. The van der Waals surface area contributed by atoms with Crippen LogP contribution in [0.4, 0.5) is 0 Å². The zero-order valence-electron chi connectivity index (χ0n) is 26.0. The first kappa shape index (κ1) is 31.1. The molecule has 0 unspecified atom stereocenters. The molecule has 3 aromatic rings. The van der Waals surface area contributed by atoms with E-state index in [-0.39, 0.29) is 10.8 Å². The Hall–Kier alpha value is -3.40. The number of benzene rings is 3. The average Bonchev–Trinajstić information content (AvgIpc) is 2.93. The lowest BCUT2D eigenvalue weighted by atomic mass is 9.72. The fraction of sp³-hybridized carbons (Fsp3) is 0.444. The molecule has 0 amide bonds. The summed E-state index contributed by atoms with van der Waals surface area (Å²) in [6.07, 6.45) is 2.91. The van der Waals surface area contributed by atoms with E-state index in [1.54, 1.807) is 18.2 Å². The maximum absolute atomic E-state index is 13.0. The Bertz CT molecular complexity index is 1380. The van der Waals surface area contributed by atoms with Crippen molar-refractivity contribution < 1.29 is 19.1 Å². The molecule has 0 radical (unpaired) electrons. The van der Waals surface area contributed by atoms with Gasteiger partial charge in [-0.3, -0.25) is 0 Å². The summed E-state index contributed by atoms with van der Waals surface area (Å²) in [6, 6.07) is 19.3. The van der Waals surface area contributed by atoms with Crippen LogP contribution < -0.4 is 4.74 Å². The van der Waals surface area contributed by atoms with Crippen LogP contribution in [0.25, 0.3) is 0 Å². The predicted molar refractivity (Wildman–Crippen MR) is 164 cm³/mol. The highest BCUT2D eigenvalue weighted by molar-refractivity contribution is 5.96. The van der Waals surface area contributed by atoms with E-state index in [0.717, 1.165) is 24.0 Å². The normalized spacial score (nSPS) is 12.2. The molecule has 3 rings (SSSR count). The molecule has 0 aliphatic rings. The van der Waals surface area contributed by atoms with Crippen LogP contribution >= 0.6 is 0 Å². The molecule has 214 valence electrons. The van der Waals surface area contributed by atoms with Crippen LogP contribution in [0, 0.1) is 13.8 Å². The molecule has 0 saturated carbocycles. The average molecular weight is 543 g/mol. The van der Waals surface area contributed by atoms with Crippen LogP contribution in [-0.2, 0) is 15.6 Å². The Labute approximate surface area is 241 Å². The molecule has 4 heteroatoms. The second-order valence-corrected chi connectivity index (χ2v) is 12.4. The molecule has 0 aliphatic carbocycles. The van der Waals surface area contributed by atoms with Gasteiger partial charge in [0.1, 0.15) is 11.4 Å². The smallest absolute Gasteiger partial charge is 0.343 e. The number of carbonyl (C=O) groups is 2. The van der Waals surface area contributed by atoms with Crippen molar-refractivity contribution in [1.29, 1.82) is 0 Å². The highest BCUT2D eigenvalue weighted by Crippen LogP contribution is 2.38. The molecular formula is C36H46O4. The van der Waals surface area contributed by atoms with Crippen LogP contribution in [0.2, 0.25) is 0 Å². The summed E-state index contributed by atoms with van der Waals surface area (Å²) < 4.78 is 11.3. The number of ether oxygens (including phenoxy) is 2. The van der Waals surface area contributed by atoms with Gasteiger partial charge in [-0.1, -0.05) is 77.9 Å². The van der Waals surface area contributed by atoms with Gasteiger partial charge in [0.2, 0.25) is 0 Å². The Morgan fingerprint density at radius 1 is 0.675 bits per heavy atom. The molecule has 3 aromatic carbocycles. The van der Waals surface area contributed by atoms with Crippen LogP contribution in [0.15, 0.2) is 60.7 Å². The lowest BCUT2D eigenvalue weighted by Gasteiger charge is -2.32. The molecule has 0 heterocycles. The summed E-state index contributed by atoms with van der Waals surface area (Å²) >= 11 is 0. The van der Waals surface area contributed by atoms with E-state index in [9.17, 15) is 9.59 Å². The summed E-state index contributed by atoms with van der Waals surface area (Å²) in [5.41, 5.74) is 6.01. The topological polar surface area (TPSA) is 52.6 Å². The summed E-state index contributed by atoms with van der Waals surface area (Å²) in [5.74, 6) is -0.472. The zero-order valence-corrected chi connectivity index (χ0v) is 26.0. The molecule has 4 nitrogen and oxygen atoms in total. The number of aryl methyl sites for hydroxylation is 2. The summed E-state index contributed by atoms with van der Waals surface area (Å²) in [6.45, 7) is 21.2. The van der Waals surface area contributed by atoms with Crippen molar-refractivity contribution >= 4 is 11.9 Å². The van der Waals surface area contributed by atoms with Crippen LogP contribution in [0.3, 0.4) is 0 Å². The molecule has 0 fully saturated rings. The van der Waals surface area contributed by atoms with E-state index in [2.05, 4.69) is 65.8 Å². The summed E-state index contributed by atoms with van der Waals surface area (Å²) in [7, 11) is 0. The van der Waals surface area contributed by atoms with Crippen LogP contribution in [0.1, 0.15) is 123 Å². The molecule has 0 spiro atoms. The predicted octanol–water partition coefficient (Wildman–Crippen LogP) is 9.27. The van der Waals surface area contributed by atoms with E-state index >= 15 is 0 Å². The second kappa shape index (κ2) is 12.0. The molecule has 0 N–H and O–H groups in total. The molecule has 0 atom stereocenters. The first-order valence-corrected chi connectivity index (χ1v) is 14.5. The number of esters is 2. The summed E-state index contributed by atoms with van der Waals surface area (Å²) in [5, 5.41) is 0. The van der Waals surface area contributed by atoms with Gasteiger partial charge in [0.15, 0.2) is 0 Å². The molecule has 0 aliphatic heterocycles. The summed E-state index contributed by atoms with van der Waals surface area (Å²) in [4.78, 5) is 25.6. The van der Waals surface area contributed by atoms with Gasteiger partial charge in [0.05, 0.1) is 11.1 Å². The second-order valence-electron chi connectivity index (χ2n) is 12.4. The highest BCUT2D eigenvalue weighted by atomic mass is 16.6. The van der Waals surface area contributed by atoms with Crippen molar-refractivity contribution in [3.8, 4) is 5.75 Å². The molecular weight excluding hydrogens is 496 g/mol. The van der Waals surface area contributed by atoms with Gasteiger partial charge < -0.3 is 9.47 Å². The Balaban J connectivity index is 1.82. The van der Waals surface area contributed by atoms with E-state index in [1.165, 1.54) is 22.8 Å². The van der Waals surface area contributed by atoms with Crippen molar-refractivity contribution in [2.75, 3.05) is 0 Å². The minimum atomic E-state index is -0.577. The third-order valence-corrected chi connectivity index (χ3v) is 8.81. The van der Waals surface area contributed by atoms with Crippen LogP contribution in [-0.4, -0.2) is 17.5 Å². The quantitative estimate of drug-likeness (QED) is 0.189. The highest BCUT2D eigenvalue weighted by Gasteiger charge is 2.28. The maximum atomic E-state index is 13.0. The lowest BCUT2D eigenvalue weighted by Crippen LogP contribution is -2.27. The SMILES string of the molecule is CCC(C)(C)OC(=O)c1cccc(C(=O)Oc2ccc(C(C)(C)c3ccc(C(C)(CC)CC)c(C)c3)cc2C)c1. The monoisotopic (exact) mass is 542 g/mol. The van der Waals surface area contributed by atoms with Gasteiger partial charge in [0.25, 0.3) is 0 Å². The van der Waals surface area contributed by atoms with Crippen LogP contribution in [0.5, 0.6) is 5.75 Å². The van der Waals surface area contributed by atoms with E-state index in [4.69, 9.17) is 9.47 Å². The lowest BCUT2D eigenvalue weighted by molar-refractivity contribution is -0.00244. The first-order chi connectivity index (χ1) is 18.7. The molecule has 0 saturated heterocycles. The Morgan fingerprint density at radius 2 is 1.23 bits per heavy atom. The number of rotatable bonds is 10. The Morgan fingerprint density at radius 3 is 1.75 bits per heavy atom. The zero-order chi connectivity index (χ0) is 29.9. The molecule has 0 aromatic heterocycles. The van der Waals surface area contributed by atoms with Gasteiger partial charge in [-0.05, 0) is 104 Å². The van der Waals surface area contributed by atoms with Crippen molar-refractivity contribution in [3.05, 3.63) is 99.6 Å². The van der Waals surface area contributed by atoms with E-state index in [1.807, 2.05) is 39.8 Å². The van der Waals surface area contributed by atoms with Gasteiger partial charge >= 0.3 is 11.9 Å². The van der Waals surface area contributed by atoms with Crippen molar-refractivity contribution in [2.24, 2.45) is 0 Å². The minimum Gasteiger partial charge on any atom is -0.456 e. The third-order valence-electron chi connectivity index (χ3n) is 8.81. The van der Waals surface area contributed by atoms with Gasteiger partial charge in [-0.25, -0.2) is 9.59 Å². The third kappa shape index (κ3) is 6.66. The molecule has 0 bridgehead atoms. The van der Waals surface area contributed by atoms with Crippen molar-refractivity contribution in [2.45, 2.75) is 105 Å². The van der Waals surface area contributed by atoms with Gasteiger partial charge in [0, 0.05) is 5.41 Å². The number of hydrogen-bond acceptors (Lipinski definition) is 4. The van der Waals surface area contributed by atoms with Crippen molar-refractivity contribution in [3.63, 3.8) is 0 Å². The van der Waals surface area contributed by atoms with E-state index in [0.29, 0.717) is 23.3 Å². The first-order valence-electron chi connectivity index (χ1n) is 14.5. The number of carbonyl (C=O) groups excluding carboxylic acids is 2. The van der Waals surface area contributed by atoms with Gasteiger partial charge in [-0.2, -0.15) is 0 Å².